The SMILES string of the molecule is Cc1cc(CCNC(=O)OC(C)(C)C)cc(C)c1O. The zero-order chi connectivity index (χ0) is 14.6. The molecule has 1 aromatic carbocycles. The highest BCUT2D eigenvalue weighted by atomic mass is 16.6. The molecule has 0 radical (unpaired) electrons. The maximum absolute atomic E-state index is 11.5. The number of carbonyl (C=O) groups is 1. The van der Waals surface area contributed by atoms with Crippen LogP contribution in [0.3, 0.4) is 0 Å². The Morgan fingerprint density at radius 3 is 2.26 bits per heavy atom. The van der Waals surface area contributed by atoms with Gasteiger partial charge < -0.3 is 15.2 Å². The first-order chi connectivity index (χ1) is 8.69. The number of amides is 1. The number of nitrogens with one attached hydrogen (secondary N) is 1. The van der Waals surface area contributed by atoms with Crippen molar-refractivity contribution in [3.05, 3.63) is 28.8 Å². The summed E-state index contributed by atoms with van der Waals surface area (Å²) in [6.45, 7) is 9.75. The van der Waals surface area contributed by atoms with E-state index in [1.807, 2.05) is 46.8 Å². The van der Waals surface area contributed by atoms with E-state index in [4.69, 9.17) is 4.74 Å². The van der Waals surface area contributed by atoms with Gasteiger partial charge in [0, 0.05) is 6.54 Å². The topological polar surface area (TPSA) is 58.6 Å². The van der Waals surface area contributed by atoms with Crippen LogP contribution in [-0.4, -0.2) is 23.3 Å². The number of hydrogen-bond acceptors (Lipinski definition) is 3. The van der Waals surface area contributed by atoms with Gasteiger partial charge in [-0.15, -0.1) is 0 Å². The Hall–Kier alpha value is -1.71. The van der Waals surface area contributed by atoms with Gasteiger partial charge in [-0.25, -0.2) is 4.79 Å². The molecule has 0 aliphatic rings. The molecule has 1 aromatic rings. The van der Waals surface area contributed by atoms with Crippen LogP contribution in [-0.2, 0) is 11.2 Å². The van der Waals surface area contributed by atoms with Gasteiger partial charge >= 0.3 is 6.09 Å². The molecule has 0 aromatic heterocycles. The van der Waals surface area contributed by atoms with E-state index < -0.39 is 11.7 Å². The zero-order valence-corrected chi connectivity index (χ0v) is 12.3. The Kier molecular flexibility index (Phi) is 4.81. The lowest BCUT2D eigenvalue weighted by Crippen LogP contribution is -2.33. The number of alkyl carbamates (subject to hydrolysis) is 1. The molecule has 4 nitrogen and oxygen atoms in total. The van der Waals surface area contributed by atoms with Gasteiger partial charge in [-0.1, -0.05) is 12.1 Å². The average molecular weight is 265 g/mol. The fourth-order valence-corrected chi connectivity index (χ4v) is 1.81. The van der Waals surface area contributed by atoms with E-state index in [0.29, 0.717) is 18.7 Å². The van der Waals surface area contributed by atoms with Crippen molar-refractivity contribution in [3.8, 4) is 5.75 Å². The highest BCUT2D eigenvalue weighted by molar-refractivity contribution is 5.67. The predicted molar refractivity (Wildman–Crippen MR) is 75.5 cm³/mol. The summed E-state index contributed by atoms with van der Waals surface area (Å²) in [6, 6.07) is 3.86. The monoisotopic (exact) mass is 265 g/mol. The summed E-state index contributed by atoms with van der Waals surface area (Å²) in [4.78, 5) is 11.5. The molecule has 0 unspecified atom stereocenters. The largest absolute Gasteiger partial charge is 0.507 e. The second-order valence-corrected chi connectivity index (χ2v) is 5.76. The Labute approximate surface area is 114 Å². The third-order valence-electron chi connectivity index (χ3n) is 2.63. The van der Waals surface area contributed by atoms with E-state index in [0.717, 1.165) is 16.7 Å². The lowest BCUT2D eigenvalue weighted by molar-refractivity contribution is 0.0528. The minimum atomic E-state index is -0.476. The standard InChI is InChI=1S/C15H23NO3/c1-10-8-12(9-11(2)13(10)17)6-7-16-14(18)19-15(3,4)5/h8-9,17H,6-7H2,1-5H3,(H,16,18). The van der Waals surface area contributed by atoms with E-state index in [9.17, 15) is 9.90 Å². The minimum Gasteiger partial charge on any atom is -0.507 e. The summed E-state index contributed by atoms with van der Waals surface area (Å²) in [5, 5.41) is 12.4. The third-order valence-corrected chi connectivity index (χ3v) is 2.63. The van der Waals surface area contributed by atoms with Crippen molar-refractivity contribution in [3.63, 3.8) is 0 Å². The first-order valence-electron chi connectivity index (χ1n) is 6.45. The van der Waals surface area contributed by atoms with Crippen LogP contribution in [0.25, 0.3) is 0 Å². The van der Waals surface area contributed by atoms with Crippen molar-refractivity contribution >= 4 is 6.09 Å². The van der Waals surface area contributed by atoms with Crippen molar-refractivity contribution < 1.29 is 14.6 Å². The highest BCUT2D eigenvalue weighted by Crippen LogP contribution is 2.22. The number of rotatable bonds is 3. The van der Waals surface area contributed by atoms with Crippen molar-refractivity contribution in [1.29, 1.82) is 0 Å². The molecule has 0 heterocycles. The molecular weight excluding hydrogens is 242 g/mol. The van der Waals surface area contributed by atoms with Crippen LogP contribution < -0.4 is 5.32 Å². The Bertz CT molecular complexity index is 438. The number of aryl methyl sites for hydroxylation is 2. The molecule has 0 aliphatic heterocycles. The molecule has 0 bridgehead atoms. The number of carbonyl (C=O) groups excluding carboxylic acids is 1. The second kappa shape index (κ2) is 5.95. The van der Waals surface area contributed by atoms with Gasteiger partial charge in [-0.3, -0.25) is 0 Å². The van der Waals surface area contributed by atoms with E-state index in [-0.39, 0.29) is 0 Å². The maximum Gasteiger partial charge on any atom is 0.407 e. The van der Waals surface area contributed by atoms with Crippen LogP contribution in [0, 0.1) is 13.8 Å². The number of hydrogen-bond donors (Lipinski definition) is 2. The second-order valence-electron chi connectivity index (χ2n) is 5.76. The summed E-state index contributed by atoms with van der Waals surface area (Å²) < 4.78 is 5.15. The molecule has 1 amide bonds. The summed E-state index contributed by atoms with van der Waals surface area (Å²) in [6.07, 6.45) is 0.306. The van der Waals surface area contributed by atoms with Crippen molar-refractivity contribution in [2.45, 2.75) is 46.6 Å². The van der Waals surface area contributed by atoms with Gasteiger partial charge in [0.05, 0.1) is 0 Å². The Morgan fingerprint density at radius 1 is 1.26 bits per heavy atom. The molecule has 0 saturated heterocycles. The minimum absolute atomic E-state index is 0.337. The van der Waals surface area contributed by atoms with E-state index >= 15 is 0 Å². The fraction of sp³-hybridized carbons (Fsp3) is 0.533. The quantitative estimate of drug-likeness (QED) is 0.883. The van der Waals surface area contributed by atoms with Gasteiger partial charge in [-0.05, 0) is 57.7 Å². The predicted octanol–water partition coefficient (Wildman–Crippen LogP) is 3.08. The van der Waals surface area contributed by atoms with Crippen LogP contribution in [0.4, 0.5) is 4.79 Å². The lowest BCUT2D eigenvalue weighted by atomic mass is 10.0. The summed E-state index contributed by atoms with van der Waals surface area (Å²) in [7, 11) is 0. The molecule has 0 fully saturated rings. The molecule has 2 N–H and O–H groups in total. The fourth-order valence-electron chi connectivity index (χ4n) is 1.81. The van der Waals surface area contributed by atoms with Gasteiger partial charge in [0.2, 0.25) is 0 Å². The molecule has 4 heteroatoms. The Balaban J connectivity index is 2.48. The summed E-state index contributed by atoms with van der Waals surface area (Å²) >= 11 is 0. The average Bonchev–Trinajstić information content (AvgIpc) is 2.23. The third kappa shape index (κ3) is 5.20. The summed E-state index contributed by atoms with van der Waals surface area (Å²) in [5.74, 6) is 0.337. The first kappa shape index (κ1) is 15.3. The number of ether oxygens (including phenoxy) is 1. The first-order valence-corrected chi connectivity index (χ1v) is 6.45. The van der Waals surface area contributed by atoms with E-state index in [2.05, 4.69) is 5.32 Å². The Morgan fingerprint density at radius 2 is 1.79 bits per heavy atom. The van der Waals surface area contributed by atoms with Crippen molar-refractivity contribution in [2.75, 3.05) is 6.54 Å². The van der Waals surface area contributed by atoms with Crippen molar-refractivity contribution in [1.82, 2.24) is 5.32 Å². The molecule has 0 aliphatic carbocycles. The summed E-state index contributed by atoms with van der Waals surface area (Å²) in [5.41, 5.74) is 2.32. The molecule has 0 atom stereocenters. The molecule has 106 valence electrons. The molecule has 0 saturated carbocycles. The van der Waals surface area contributed by atoms with Crippen molar-refractivity contribution in [2.24, 2.45) is 0 Å². The molecule has 19 heavy (non-hydrogen) atoms. The molecule has 0 spiro atoms. The van der Waals surface area contributed by atoms with Gasteiger partial charge in [0.15, 0.2) is 0 Å². The highest BCUT2D eigenvalue weighted by Gasteiger charge is 2.15. The zero-order valence-electron chi connectivity index (χ0n) is 12.3. The maximum atomic E-state index is 11.5. The number of aromatic hydroxyl groups is 1. The molecular formula is C15H23NO3. The normalized spacial score (nSPS) is 11.2. The van der Waals surface area contributed by atoms with E-state index in [1.54, 1.807) is 0 Å². The smallest absolute Gasteiger partial charge is 0.407 e. The van der Waals surface area contributed by atoms with Crippen LogP contribution in [0.15, 0.2) is 12.1 Å². The number of phenolic OH excluding ortho intramolecular Hbond substituents is 1. The lowest BCUT2D eigenvalue weighted by Gasteiger charge is -2.19. The number of benzene rings is 1. The van der Waals surface area contributed by atoms with Crippen LogP contribution >= 0.6 is 0 Å². The van der Waals surface area contributed by atoms with Crippen LogP contribution in [0.1, 0.15) is 37.5 Å². The van der Waals surface area contributed by atoms with Gasteiger partial charge in [0.1, 0.15) is 11.4 Å². The molecule has 1 rings (SSSR count). The van der Waals surface area contributed by atoms with Gasteiger partial charge in [0.25, 0.3) is 0 Å². The van der Waals surface area contributed by atoms with Crippen LogP contribution in [0.5, 0.6) is 5.75 Å². The van der Waals surface area contributed by atoms with E-state index in [1.165, 1.54) is 0 Å². The van der Waals surface area contributed by atoms with Crippen LogP contribution in [0.2, 0.25) is 0 Å². The van der Waals surface area contributed by atoms with Gasteiger partial charge in [-0.2, -0.15) is 0 Å². The number of phenols is 1.